The average molecular weight is 275 g/mol. The monoisotopic (exact) mass is 275 g/mol. The number of anilines is 2. The van der Waals surface area contributed by atoms with Gasteiger partial charge in [0.15, 0.2) is 0 Å². The Balaban J connectivity index is 2.42. The predicted octanol–water partition coefficient (Wildman–Crippen LogP) is 3.58. The van der Waals surface area contributed by atoms with Gasteiger partial charge in [-0.05, 0) is 31.2 Å². The lowest BCUT2D eigenvalue weighted by atomic mass is 10.1. The molecule has 20 heavy (non-hydrogen) atoms. The van der Waals surface area contributed by atoms with Gasteiger partial charge in [-0.2, -0.15) is 0 Å². The first-order valence-corrected chi connectivity index (χ1v) is 5.96. The topological polar surface area (TPSA) is 58.6 Å². The van der Waals surface area contributed by atoms with E-state index in [0.717, 1.165) is 5.56 Å². The standard InChI is InChI=1S/C15H14FNO3/c1-9-3-6-13(11(7-9)15(18)19)17-14-8-10(20-2)4-5-12(14)16/h3-8,17H,1-2H3,(H,18,19). The van der Waals surface area contributed by atoms with Crippen molar-refractivity contribution in [3.8, 4) is 5.75 Å². The fraction of sp³-hybridized carbons (Fsp3) is 0.133. The Morgan fingerprint density at radius 3 is 2.60 bits per heavy atom. The Morgan fingerprint density at radius 1 is 1.20 bits per heavy atom. The van der Waals surface area contributed by atoms with Crippen LogP contribution in [0.3, 0.4) is 0 Å². The number of halogens is 1. The Morgan fingerprint density at radius 2 is 1.95 bits per heavy atom. The van der Waals surface area contributed by atoms with E-state index in [1.165, 1.54) is 31.4 Å². The number of ether oxygens (including phenoxy) is 1. The number of carboxylic acid groups (broad SMARTS) is 1. The molecule has 2 aromatic rings. The third kappa shape index (κ3) is 2.88. The molecule has 0 atom stereocenters. The van der Waals surface area contributed by atoms with Gasteiger partial charge in [-0.25, -0.2) is 9.18 Å². The number of aryl methyl sites for hydroxylation is 1. The molecular formula is C15H14FNO3. The molecule has 0 radical (unpaired) electrons. The van der Waals surface area contributed by atoms with E-state index in [1.54, 1.807) is 19.1 Å². The molecule has 0 bridgehead atoms. The number of hydrogen-bond donors (Lipinski definition) is 2. The number of carboxylic acids is 1. The zero-order chi connectivity index (χ0) is 14.7. The molecule has 5 heteroatoms. The highest BCUT2D eigenvalue weighted by atomic mass is 19.1. The number of aromatic carboxylic acids is 1. The molecular weight excluding hydrogens is 261 g/mol. The van der Waals surface area contributed by atoms with Gasteiger partial charge in [0.25, 0.3) is 0 Å². The second-order valence-corrected chi connectivity index (χ2v) is 4.32. The molecule has 0 saturated carbocycles. The van der Waals surface area contributed by atoms with Crippen LogP contribution in [0.4, 0.5) is 15.8 Å². The molecule has 0 unspecified atom stereocenters. The predicted molar refractivity (Wildman–Crippen MR) is 74.4 cm³/mol. The van der Waals surface area contributed by atoms with Crippen molar-refractivity contribution in [1.29, 1.82) is 0 Å². The van der Waals surface area contributed by atoms with E-state index in [4.69, 9.17) is 4.74 Å². The first kappa shape index (κ1) is 13.9. The minimum atomic E-state index is -1.07. The van der Waals surface area contributed by atoms with Crippen molar-refractivity contribution in [2.24, 2.45) is 0 Å². The molecule has 0 fully saturated rings. The van der Waals surface area contributed by atoms with E-state index in [2.05, 4.69) is 5.32 Å². The first-order valence-electron chi connectivity index (χ1n) is 5.96. The normalized spacial score (nSPS) is 10.2. The molecule has 0 heterocycles. The molecule has 0 saturated heterocycles. The van der Waals surface area contributed by atoms with Gasteiger partial charge in [-0.15, -0.1) is 0 Å². The second-order valence-electron chi connectivity index (χ2n) is 4.32. The third-order valence-electron chi connectivity index (χ3n) is 2.85. The summed E-state index contributed by atoms with van der Waals surface area (Å²) in [6, 6.07) is 9.12. The van der Waals surface area contributed by atoms with Gasteiger partial charge in [0, 0.05) is 6.07 Å². The highest BCUT2D eigenvalue weighted by Crippen LogP contribution is 2.27. The molecule has 2 aromatic carbocycles. The molecule has 0 spiro atoms. The zero-order valence-electron chi connectivity index (χ0n) is 11.1. The van der Waals surface area contributed by atoms with Crippen LogP contribution in [0.1, 0.15) is 15.9 Å². The molecule has 2 rings (SSSR count). The van der Waals surface area contributed by atoms with E-state index >= 15 is 0 Å². The summed E-state index contributed by atoms with van der Waals surface area (Å²) >= 11 is 0. The van der Waals surface area contributed by atoms with Crippen LogP contribution in [0.2, 0.25) is 0 Å². The van der Waals surface area contributed by atoms with Gasteiger partial charge in [0.05, 0.1) is 24.0 Å². The summed E-state index contributed by atoms with van der Waals surface area (Å²) in [7, 11) is 1.48. The van der Waals surface area contributed by atoms with Crippen LogP contribution in [0.25, 0.3) is 0 Å². The number of hydrogen-bond acceptors (Lipinski definition) is 3. The van der Waals surface area contributed by atoms with E-state index in [-0.39, 0.29) is 11.3 Å². The Labute approximate surface area is 115 Å². The Kier molecular flexibility index (Phi) is 3.89. The van der Waals surface area contributed by atoms with Gasteiger partial charge in [-0.1, -0.05) is 11.6 Å². The van der Waals surface area contributed by atoms with Crippen LogP contribution < -0.4 is 10.1 Å². The lowest BCUT2D eigenvalue weighted by molar-refractivity contribution is 0.0698. The van der Waals surface area contributed by atoms with Crippen LogP contribution in [0.5, 0.6) is 5.75 Å². The largest absolute Gasteiger partial charge is 0.497 e. The van der Waals surface area contributed by atoms with E-state index in [9.17, 15) is 14.3 Å². The van der Waals surface area contributed by atoms with Crippen molar-refractivity contribution >= 4 is 17.3 Å². The summed E-state index contributed by atoms with van der Waals surface area (Å²) in [4.78, 5) is 11.2. The van der Waals surface area contributed by atoms with Crippen molar-refractivity contribution in [2.75, 3.05) is 12.4 Å². The molecule has 0 aliphatic heterocycles. The molecule has 2 N–H and O–H groups in total. The zero-order valence-corrected chi connectivity index (χ0v) is 11.1. The van der Waals surface area contributed by atoms with Gasteiger partial charge < -0.3 is 15.2 Å². The van der Waals surface area contributed by atoms with E-state index < -0.39 is 11.8 Å². The van der Waals surface area contributed by atoms with Crippen LogP contribution in [-0.4, -0.2) is 18.2 Å². The summed E-state index contributed by atoms with van der Waals surface area (Å²) in [5.41, 5.74) is 1.40. The lowest BCUT2D eigenvalue weighted by Gasteiger charge is -2.12. The van der Waals surface area contributed by atoms with Crippen LogP contribution in [0, 0.1) is 12.7 Å². The van der Waals surface area contributed by atoms with Crippen LogP contribution in [0.15, 0.2) is 36.4 Å². The average Bonchev–Trinajstić information content (AvgIpc) is 2.42. The number of benzene rings is 2. The Bertz CT molecular complexity index is 656. The fourth-order valence-corrected chi connectivity index (χ4v) is 1.82. The number of nitrogens with one attached hydrogen (secondary N) is 1. The Hall–Kier alpha value is -2.56. The highest BCUT2D eigenvalue weighted by molar-refractivity contribution is 5.95. The highest BCUT2D eigenvalue weighted by Gasteiger charge is 2.12. The van der Waals surface area contributed by atoms with Crippen molar-refractivity contribution in [3.63, 3.8) is 0 Å². The van der Waals surface area contributed by atoms with Crippen molar-refractivity contribution in [3.05, 3.63) is 53.3 Å². The maximum atomic E-state index is 13.7. The van der Waals surface area contributed by atoms with Gasteiger partial charge in [-0.3, -0.25) is 0 Å². The van der Waals surface area contributed by atoms with Gasteiger partial charge in [0.1, 0.15) is 11.6 Å². The molecule has 0 amide bonds. The summed E-state index contributed by atoms with van der Waals surface area (Å²) in [5.74, 6) is -1.07. The maximum Gasteiger partial charge on any atom is 0.337 e. The molecule has 4 nitrogen and oxygen atoms in total. The number of carbonyl (C=O) groups is 1. The van der Waals surface area contributed by atoms with Crippen LogP contribution in [-0.2, 0) is 0 Å². The molecule has 104 valence electrons. The fourth-order valence-electron chi connectivity index (χ4n) is 1.82. The molecule has 0 aromatic heterocycles. The number of methoxy groups -OCH3 is 1. The minimum Gasteiger partial charge on any atom is -0.497 e. The second kappa shape index (κ2) is 5.61. The summed E-state index contributed by atoms with van der Waals surface area (Å²) in [6.45, 7) is 1.79. The quantitative estimate of drug-likeness (QED) is 0.895. The van der Waals surface area contributed by atoms with Crippen LogP contribution >= 0.6 is 0 Å². The maximum absolute atomic E-state index is 13.7. The summed E-state index contributed by atoms with van der Waals surface area (Å²) in [6.07, 6.45) is 0. The number of rotatable bonds is 4. The van der Waals surface area contributed by atoms with Crippen molar-refractivity contribution in [2.45, 2.75) is 6.92 Å². The van der Waals surface area contributed by atoms with Gasteiger partial charge in [0.2, 0.25) is 0 Å². The first-order chi connectivity index (χ1) is 9.51. The van der Waals surface area contributed by atoms with E-state index in [1.807, 2.05) is 0 Å². The third-order valence-corrected chi connectivity index (χ3v) is 2.85. The molecule has 0 aliphatic carbocycles. The summed E-state index contributed by atoms with van der Waals surface area (Å²) < 4.78 is 18.8. The lowest BCUT2D eigenvalue weighted by Crippen LogP contribution is -2.04. The van der Waals surface area contributed by atoms with Crippen molar-refractivity contribution < 1.29 is 19.0 Å². The van der Waals surface area contributed by atoms with E-state index in [0.29, 0.717) is 11.4 Å². The summed E-state index contributed by atoms with van der Waals surface area (Å²) in [5, 5.41) is 12.0. The van der Waals surface area contributed by atoms with Crippen molar-refractivity contribution in [1.82, 2.24) is 0 Å². The smallest absolute Gasteiger partial charge is 0.337 e. The minimum absolute atomic E-state index is 0.0900. The van der Waals surface area contributed by atoms with Gasteiger partial charge >= 0.3 is 5.97 Å². The SMILES string of the molecule is COc1ccc(F)c(Nc2ccc(C)cc2C(=O)O)c1. The molecule has 0 aliphatic rings.